The summed E-state index contributed by atoms with van der Waals surface area (Å²) in [6.07, 6.45) is 4.15. The average molecular weight is 202 g/mol. The Morgan fingerprint density at radius 3 is 2.93 bits per heavy atom. The molecule has 0 aliphatic heterocycles. The topological polar surface area (TPSA) is 52.0 Å². The Kier molecular flexibility index (Phi) is 1.68. The first-order valence-electron chi connectivity index (χ1n) is 5.33. The van der Waals surface area contributed by atoms with Crippen LogP contribution in [0.3, 0.4) is 0 Å². The van der Waals surface area contributed by atoms with E-state index in [0.717, 1.165) is 11.0 Å². The second kappa shape index (κ2) is 2.83. The summed E-state index contributed by atoms with van der Waals surface area (Å²) in [6, 6.07) is 6.31. The summed E-state index contributed by atoms with van der Waals surface area (Å²) in [6.45, 7) is 2.08. The minimum atomic E-state index is 0.172. The van der Waals surface area contributed by atoms with Crippen LogP contribution in [0.5, 0.6) is 0 Å². The molecule has 78 valence electrons. The molecule has 1 unspecified atom stereocenters. The Labute approximate surface area is 88.2 Å². The summed E-state index contributed by atoms with van der Waals surface area (Å²) in [4.78, 5) is 0. The fourth-order valence-electron chi connectivity index (χ4n) is 2.43. The number of rotatable bonds is 2. The predicted octanol–water partition coefficient (Wildman–Crippen LogP) is 2.21. The second-order valence-electron chi connectivity index (χ2n) is 4.49. The molecule has 3 heteroatoms. The maximum Gasteiger partial charge on any atom is 0.167 e. The van der Waals surface area contributed by atoms with E-state index in [1.807, 2.05) is 12.1 Å². The van der Waals surface area contributed by atoms with Gasteiger partial charge < -0.3 is 10.3 Å². The standard InChI is InChI=1S/C12H14N2O/c1-8(13)12(5-6-12)10-3-2-4-11-9(10)7-14-15-11/h2-4,7-8H,5-6,13H2,1H3. The van der Waals surface area contributed by atoms with Gasteiger partial charge in [0, 0.05) is 16.8 Å². The van der Waals surface area contributed by atoms with Crippen LogP contribution in [0, 0.1) is 0 Å². The lowest BCUT2D eigenvalue weighted by molar-refractivity contribution is 0.456. The highest BCUT2D eigenvalue weighted by atomic mass is 16.5. The van der Waals surface area contributed by atoms with Crippen LogP contribution in [0.15, 0.2) is 28.9 Å². The fourth-order valence-corrected chi connectivity index (χ4v) is 2.43. The molecule has 2 N–H and O–H groups in total. The van der Waals surface area contributed by atoms with Gasteiger partial charge >= 0.3 is 0 Å². The molecule has 1 atom stereocenters. The third-order valence-corrected chi connectivity index (χ3v) is 3.60. The molecular formula is C12H14N2O. The first kappa shape index (κ1) is 8.92. The first-order chi connectivity index (χ1) is 7.24. The van der Waals surface area contributed by atoms with Gasteiger partial charge in [0.1, 0.15) is 0 Å². The van der Waals surface area contributed by atoms with E-state index in [4.69, 9.17) is 10.3 Å². The van der Waals surface area contributed by atoms with Crippen molar-refractivity contribution in [2.45, 2.75) is 31.2 Å². The van der Waals surface area contributed by atoms with Crippen molar-refractivity contribution in [1.82, 2.24) is 5.16 Å². The molecule has 0 saturated heterocycles. The number of aromatic nitrogens is 1. The van der Waals surface area contributed by atoms with Crippen LogP contribution >= 0.6 is 0 Å². The highest BCUT2D eigenvalue weighted by Gasteiger charge is 2.48. The van der Waals surface area contributed by atoms with Crippen molar-refractivity contribution in [2.75, 3.05) is 0 Å². The largest absolute Gasteiger partial charge is 0.356 e. The van der Waals surface area contributed by atoms with Crippen LogP contribution in [0.25, 0.3) is 11.0 Å². The molecule has 1 aliphatic rings. The number of hydrogen-bond acceptors (Lipinski definition) is 3. The fraction of sp³-hybridized carbons (Fsp3) is 0.417. The molecule has 0 bridgehead atoms. The summed E-state index contributed by atoms with van der Waals surface area (Å²) < 4.78 is 5.17. The van der Waals surface area contributed by atoms with Crippen LogP contribution in [-0.2, 0) is 5.41 Å². The molecule has 3 rings (SSSR count). The number of nitrogens with two attached hydrogens (primary N) is 1. The molecule has 2 aromatic rings. The van der Waals surface area contributed by atoms with Gasteiger partial charge in [-0.3, -0.25) is 0 Å². The number of benzene rings is 1. The van der Waals surface area contributed by atoms with E-state index in [-0.39, 0.29) is 11.5 Å². The highest BCUT2D eigenvalue weighted by Crippen LogP contribution is 2.52. The van der Waals surface area contributed by atoms with Crippen LogP contribution < -0.4 is 5.73 Å². The zero-order valence-electron chi connectivity index (χ0n) is 8.73. The lowest BCUT2D eigenvalue weighted by Gasteiger charge is -2.20. The maximum atomic E-state index is 6.07. The molecule has 0 radical (unpaired) electrons. The van der Waals surface area contributed by atoms with Crippen LogP contribution in [0.4, 0.5) is 0 Å². The highest BCUT2D eigenvalue weighted by molar-refractivity contribution is 5.81. The van der Waals surface area contributed by atoms with Crippen LogP contribution in [-0.4, -0.2) is 11.2 Å². The van der Waals surface area contributed by atoms with Crippen molar-refractivity contribution in [3.63, 3.8) is 0 Å². The van der Waals surface area contributed by atoms with Crippen molar-refractivity contribution >= 4 is 11.0 Å². The SMILES string of the molecule is CC(N)C1(c2cccc3oncc23)CC1. The van der Waals surface area contributed by atoms with Gasteiger partial charge in [-0.15, -0.1) is 0 Å². The summed E-state index contributed by atoms with van der Waals surface area (Å²) >= 11 is 0. The Morgan fingerprint density at radius 2 is 2.27 bits per heavy atom. The molecule has 1 aromatic heterocycles. The number of fused-ring (bicyclic) bond motifs is 1. The van der Waals surface area contributed by atoms with Crippen molar-refractivity contribution in [1.29, 1.82) is 0 Å². The Balaban J connectivity index is 2.23. The Bertz CT molecular complexity index is 497. The van der Waals surface area contributed by atoms with E-state index in [1.165, 1.54) is 18.4 Å². The van der Waals surface area contributed by atoms with E-state index in [1.54, 1.807) is 6.20 Å². The maximum absolute atomic E-state index is 6.07. The van der Waals surface area contributed by atoms with Gasteiger partial charge in [-0.1, -0.05) is 17.3 Å². The molecular weight excluding hydrogens is 188 g/mol. The zero-order chi connectivity index (χ0) is 10.5. The minimum Gasteiger partial charge on any atom is -0.356 e. The molecule has 0 amide bonds. The summed E-state index contributed by atoms with van der Waals surface area (Å²) in [5, 5.41) is 4.96. The summed E-state index contributed by atoms with van der Waals surface area (Å²) in [7, 11) is 0. The second-order valence-corrected chi connectivity index (χ2v) is 4.49. The lowest BCUT2D eigenvalue weighted by Crippen LogP contribution is -2.31. The average Bonchev–Trinajstić information content (AvgIpc) is 2.89. The minimum absolute atomic E-state index is 0.172. The van der Waals surface area contributed by atoms with Gasteiger partial charge in [-0.05, 0) is 31.4 Å². The number of nitrogens with zero attached hydrogens (tertiary/aromatic N) is 1. The first-order valence-corrected chi connectivity index (χ1v) is 5.33. The Morgan fingerprint density at radius 1 is 1.47 bits per heavy atom. The van der Waals surface area contributed by atoms with Gasteiger partial charge in [0.2, 0.25) is 0 Å². The van der Waals surface area contributed by atoms with E-state index in [9.17, 15) is 0 Å². The summed E-state index contributed by atoms with van der Waals surface area (Å²) in [5.41, 5.74) is 8.41. The normalized spacial score (nSPS) is 20.4. The van der Waals surface area contributed by atoms with Crippen molar-refractivity contribution in [3.05, 3.63) is 30.0 Å². The van der Waals surface area contributed by atoms with Crippen molar-refractivity contribution < 1.29 is 4.52 Å². The molecule has 1 aliphatic carbocycles. The lowest BCUT2D eigenvalue weighted by atomic mass is 9.87. The van der Waals surface area contributed by atoms with Gasteiger partial charge in [-0.25, -0.2) is 0 Å². The molecule has 1 aromatic carbocycles. The third-order valence-electron chi connectivity index (χ3n) is 3.60. The van der Waals surface area contributed by atoms with Crippen molar-refractivity contribution in [3.8, 4) is 0 Å². The molecule has 3 nitrogen and oxygen atoms in total. The van der Waals surface area contributed by atoms with E-state index >= 15 is 0 Å². The van der Waals surface area contributed by atoms with E-state index in [2.05, 4.69) is 18.1 Å². The number of hydrogen-bond donors (Lipinski definition) is 1. The van der Waals surface area contributed by atoms with Gasteiger partial charge in [-0.2, -0.15) is 0 Å². The van der Waals surface area contributed by atoms with Gasteiger partial charge in [0.05, 0.1) is 6.20 Å². The molecule has 1 fully saturated rings. The van der Waals surface area contributed by atoms with Crippen molar-refractivity contribution in [2.24, 2.45) is 5.73 Å². The Hall–Kier alpha value is -1.35. The van der Waals surface area contributed by atoms with E-state index in [0.29, 0.717) is 0 Å². The third kappa shape index (κ3) is 1.13. The predicted molar refractivity (Wildman–Crippen MR) is 58.6 cm³/mol. The quantitative estimate of drug-likeness (QED) is 0.812. The monoisotopic (exact) mass is 202 g/mol. The van der Waals surface area contributed by atoms with E-state index < -0.39 is 0 Å². The van der Waals surface area contributed by atoms with Gasteiger partial charge in [0.25, 0.3) is 0 Å². The molecule has 15 heavy (non-hydrogen) atoms. The summed E-state index contributed by atoms with van der Waals surface area (Å²) in [5.74, 6) is 0. The molecule has 1 heterocycles. The van der Waals surface area contributed by atoms with Crippen LogP contribution in [0.1, 0.15) is 25.3 Å². The smallest absolute Gasteiger partial charge is 0.167 e. The zero-order valence-corrected chi connectivity index (χ0v) is 8.73. The van der Waals surface area contributed by atoms with Crippen LogP contribution in [0.2, 0.25) is 0 Å². The van der Waals surface area contributed by atoms with Gasteiger partial charge in [0.15, 0.2) is 5.58 Å². The molecule has 0 spiro atoms. The molecule has 1 saturated carbocycles.